The van der Waals surface area contributed by atoms with E-state index in [1.807, 2.05) is 0 Å². The first-order chi connectivity index (χ1) is 9.20. The van der Waals surface area contributed by atoms with Crippen molar-refractivity contribution in [3.63, 3.8) is 0 Å². The molecule has 100 valence electrons. The lowest BCUT2D eigenvalue weighted by molar-refractivity contribution is 0.415. The molecule has 0 atom stereocenters. The molecule has 3 rings (SSSR count). The Kier molecular flexibility index (Phi) is 3.07. The molecule has 0 bridgehead atoms. The fraction of sp³-hybridized carbons (Fsp3) is 0.375. The highest BCUT2D eigenvalue weighted by Crippen LogP contribution is 2.32. The molecular weight excluding hydrogens is 236 g/mol. The number of benzene rings is 1. The summed E-state index contributed by atoms with van der Waals surface area (Å²) in [5.74, 6) is 0.932. The van der Waals surface area contributed by atoms with E-state index in [1.54, 1.807) is 7.11 Å². The number of aryl methyl sites for hydroxylation is 2. The van der Waals surface area contributed by atoms with Crippen LogP contribution in [0.3, 0.4) is 0 Å². The van der Waals surface area contributed by atoms with Crippen molar-refractivity contribution in [2.45, 2.75) is 13.3 Å². The van der Waals surface area contributed by atoms with Crippen LogP contribution in [0.4, 0.5) is 0 Å². The Labute approximate surface area is 113 Å². The second kappa shape index (κ2) is 4.74. The van der Waals surface area contributed by atoms with Gasteiger partial charge >= 0.3 is 0 Å². The predicted octanol–water partition coefficient (Wildman–Crippen LogP) is 2.87. The molecule has 1 aromatic heterocycles. The Bertz CT molecular complexity index is 652. The molecule has 0 amide bonds. The highest BCUT2D eigenvalue weighted by atomic mass is 16.5. The molecule has 1 aliphatic rings. The summed E-state index contributed by atoms with van der Waals surface area (Å²) in [5.41, 5.74) is 5.27. The van der Waals surface area contributed by atoms with Gasteiger partial charge in [-0.3, -0.25) is 0 Å². The summed E-state index contributed by atoms with van der Waals surface area (Å²) in [5, 5.41) is 4.73. The van der Waals surface area contributed by atoms with Crippen LogP contribution >= 0.6 is 0 Å². The van der Waals surface area contributed by atoms with E-state index in [1.165, 1.54) is 27.6 Å². The molecule has 1 aromatic carbocycles. The molecule has 19 heavy (non-hydrogen) atoms. The number of fused-ring (bicyclic) bond motifs is 1. The minimum atomic E-state index is 0.932. The van der Waals surface area contributed by atoms with E-state index in [0.29, 0.717) is 0 Å². The highest BCUT2D eigenvalue weighted by Gasteiger charge is 2.15. The van der Waals surface area contributed by atoms with Gasteiger partial charge in [0.1, 0.15) is 5.75 Å². The monoisotopic (exact) mass is 256 g/mol. The van der Waals surface area contributed by atoms with Crippen molar-refractivity contribution < 1.29 is 4.74 Å². The summed E-state index contributed by atoms with van der Waals surface area (Å²) in [7, 11) is 3.84. The third kappa shape index (κ3) is 2.04. The summed E-state index contributed by atoms with van der Waals surface area (Å²) in [6.45, 7) is 4.17. The molecule has 0 saturated carbocycles. The largest absolute Gasteiger partial charge is 0.497 e. The number of hydrogen-bond donors (Lipinski definition) is 1. The Morgan fingerprint density at radius 1 is 1.32 bits per heavy atom. The zero-order valence-electron chi connectivity index (χ0n) is 11.8. The summed E-state index contributed by atoms with van der Waals surface area (Å²) >= 11 is 0. The van der Waals surface area contributed by atoms with E-state index < -0.39 is 0 Å². The van der Waals surface area contributed by atoms with Crippen LogP contribution < -0.4 is 10.1 Å². The van der Waals surface area contributed by atoms with Crippen molar-refractivity contribution in [2.24, 2.45) is 7.05 Å². The maximum absolute atomic E-state index is 5.41. The van der Waals surface area contributed by atoms with Gasteiger partial charge in [0.05, 0.1) is 12.6 Å². The maximum Gasteiger partial charge on any atom is 0.119 e. The van der Waals surface area contributed by atoms with Gasteiger partial charge in [-0.2, -0.15) is 0 Å². The molecule has 0 fully saturated rings. The van der Waals surface area contributed by atoms with Crippen molar-refractivity contribution in [2.75, 3.05) is 20.2 Å². The van der Waals surface area contributed by atoms with Crippen molar-refractivity contribution >= 4 is 16.5 Å². The van der Waals surface area contributed by atoms with E-state index in [-0.39, 0.29) is 0 Å². The average Bonchev–Trinajstić information content (AvgIpc) is 2.77. The van der Waals surface area contributed by atoms with Crippen LogP contribution in [0.2, 0.25) is 0 Å². The molecule has 0 aliphatic carbocycles. The van der Waals surface area contributed by atoms with Crippen molar-refractivity contribution in [1.82, 2.24) is 9.88 Å². The van der Waals surface area contributed by atoms with Crippen molar-refractivity contribution in [3.05, 3.63) is 35.5 Å². The quantitative estimate of drug-likeness (QED) is 0.894. The average molecular weight is 256 g/mol. The lowest BCUT2D eigenvalue weighted by Crippen LogP contribution is -2.21. The van der Waals surface area contributed by atoms with Crippen LogP contribution in [0, 0.1) is 6.92 Å². The Balaban J connectivity index is 2.25. The first-order valence-electron chi connectivity index (χ1n) is 6.74. The lowest BCUT2D eigenvalue weighted by Gasteiger charge is -2.14. The van der Waals surface area contributed by atoms with Crippen LogP contribution in [0.5, 0.6) is 5.75 Å². The first kappa shape index (κ1) is 12.3. The van der Waals surface area contributed by atoms with Gasteiger partial charge in [-0.25, -0.2) is 0 Å². The minimum absolute atomic E-state index is 0.932. The van der Waals surface area contributed by atoms with E-state index >= 15 is 0 Å². The van der Waals surface area contributed by atoms with E-state index in [9.17, 15) is 0 Å². The summed E-state index contributed by atoms with van der Waals surface area (Å²) < 4.78 is 7.63. The maximum atomic E-state index is 5.41. The second-order valence-electron chi connectivity index (χ2n) is 5.19. The minimum Gasteiger partial charge on any atom is -0.497 e. The summed E-state index contributed by atoms with van der Waals surface area (Å²) in [6, 6.07) is 4.24. The fourth-order valence-corrected chi connectivity index (χ4v) is 2.97. The van der Waals surface area contributed by atoms with Gasteiger partial charge in [-0.1, -0.05) is 6.08 Å². The van der Waals surface area contributed by atoms with E-state index in [2.05, 4.69) is 48.3 Å². The molecule has 0 spiro atoms. The standard InChI is InChI=1S/C16H20N2O/c1-11-7-13(19-3)8-14-15(10-18(2)16(11)14)12-5-4-6-17-9-12/h5,7-8,10,17H,4,6,9H2,1-3H3. The zero-order valence-corrected chi connectivity index (χ0v) is 11.8. The topological polar surface area (TPSA) is 26.2 Å². The summed E-state index contributed by atoms with van der Waals surface area (Å²) in [4.78, 5) is 0. The number of aromatic nitrogens is 1. The number of rotatable bonds is 2. The Morgan fingerprint density at radius 2 is 2.16 bits per heavy atom. The van der Waals surface area contributed by atoms with Gasteiger partial charge in [-0.05, 0) is 43.2 Å². The van der Waals surface area contributed by atoms with Gasteiger partial charge in [0.25, 0.3) is 0 Å². The van der Waals surface area contributed by atoms with Crippen molar-refractivity contribution in [1.29, 1.82) is 0 Å². The van der Waals surface area contributed by atoms with Crippen LogP contribution in [-0.4, -0.2) is 24.8 Å². The highest BCUT2D eigenvalue weighted by molar-refractivity contribution is 5.96. The van der Waals surface area contributed by atoms with Gasteiger partial charge in [0, 0.05) is 30.7 Å². The van der Waals surface area contributed by atoms with Crippen molar-refractivity contribution in [3.8, 4) is 5.75 Å². The molecule has 0 saturated heterocycles. The Morgan fingerprint density at radius 3 is 2.84 bits per heavy atom. The lowest BCUT2D eigenvalue weighted by atomic mass is 10.0. The van der Waals surface area contributed by atoms with Crippen LogP contribution in [0.1, 0.15) is 17.5 Å². The van der Waals surface area contributed by atoms with Gasteiger partial charge < -0.3 is 14.6 Å². The predicted molar refractivity (Wildman–Crippen MR) is 79.7 cm³/mol. The molecule has 2 aromatic rings. The Hall–Kier alpha value is -1.74. The zero-order chi connectivity index (χ0) is 13.4. The number of nitrogens with one attached hydrogen (secondary N) is 1. The molecule has 0 radical (unpaired) electrons. The third-order valence-electron chi connectivity index (χ3n) is 3.85. The van der Waals surface area contributed by atoms with Crippen LogP contribution in [-0.2, 0) is 7.05 Å². The number of hydrogen-bond acceptors (Lipinski definition) is 2. The molecule has 0 unspecified atom stereocenters. The first-order valence-corrected chi connectivity index (χ1v) is 6.74. The van der Waals surface area contributed by atoms with Gasteiger partial charge in [0.15, 0.2) is 0 Å². The fourth-order valence-electron chi connectivity index (χ4n) is 2.97. The van der Waals surface area contributed by atoms with Crippen LogP contribution in [0.25, 0.3) is 16.5 Å². The van der Waals surface area contributed by atoms with E-state index in [0.717, 1.165) is 25.3 Å². The molecular formula is C16H20N2O. The third-order valence-corrected chi connectivity index (χ3v) is 3.85. The van der Waals surface area contributed by atoms with Gasteiger partial charge in [0.2, 0.25) is 0 Å². The van der Waals surface area contributed by atoms with Gasteiger partial charge in [-0.15, -0.1) is 0 Å². The molecule has 1 aliphatic heterocycles. The van der Waals surface area contributed by atoms with Crippen LogP contribution in [0.15, 0.2) is 24.4 Å². The molecule has 2 heterocycles. The molecule has 3 nitrogen and oxygen atoms in total. The number of ether oxygens (including phenoxy) is 1. The van der Waals surface area contributed by atoms with E-state index in [4.69, 9.17) is 4.74 Å². The summed E-state index contributed by atoms with van der Waals surface area (Å²) in [6.07, 6.45) is 5.69. The smallest absolute Gasteiger partial charge is 0.119 e. The normalized spacial score (nSPS) is 15.6. The molecule has 1 N–H and O–H groups in total. The number of methoxy groups -OCH3 is 1. The molecule has 3 heteroatoms. The SMILES string of the molecule is COc1cc(C)c2c(c1)c(C1=CCCNC1)cn2C. The second-order valence-corrected chi connectivity index (χ2v) is 5.19. The number of nitrogens with zero attached hydrogens (tertiary/aromatic N) is 1.